The molecule has 2 nitrogen and oxygen atoms in total. The molecular formula is C16H24BrNO. The normalized spacial score (nSPS) is 12.4. The quantitative estimate of drug-likeness (QED) is 0.531. The number of nitrogens with one attached hydrogen (secondary N) is 1. The largest absolute Gasteiger partial charge is 0.392 e. The van der Waals surface area contributed by atoms with Gasteiger partial charge in [-0.15, -0.1) is 6.58 Å². The first kappa shape index (κ1) is 16.4. The summed E-state index contributed by atoms with van der Waals surface area (Å²) in [6, 6.07) is 6.05. The van der Waals surface area contributed by atoms with Gasteiger partial charge in [0.1, 0.15) is 0 Å². The van der Waals surface area contributed by atoms with Gasteiger partial charge in [0.05, 0.1) is 6.61 Å². The Morgan fingerprint density at radius 1 is 1.42 bits per heavy atom. The lowest BCUT2D eigenvalue weighted by Gasteiger charge is -2.14. The number of benzene rings is 1. The van der Waals surface area contributed by atoms with Gasteiger partial charge in [-0.05, 0) is 48.6 Å². The van der Waals surface area contributed by atoms with Crippen molar-refractivity contribution in [1.82, 2.24) is 5.32 Å². The van der Waals surface area contributed by atoms with E-state index in [4.69, 9.17) is 0 Å². The molecule has 1 atom stereocenters. The number of halogens is 1. The molecule has 0 spiro atoms. The van der Waals surface area contributed by atoms with Crippen molar-refractivity contribution in [3.05, 3.63) is 46.5 Å². The second-order valence-electron chi connectivity index (χ2n) is 4.84. The first-order valence-corrected chi connectivity index (χ1v) is 7.70. The van der Waals surface area contributed by atoms with E-state index in [1.54, 1.807) is 0 Å². The Labute approximate surface area is 125 Å². The molecule has 0 bridgehead atoms. The fraction of sp³-hybridized carbons (Fsp3) is 0.500. The Bertz CT molecular complexity index is 392. The van der Waals surface area contributed by atoms with Gasteiger partial charge in [-0.1, -0.05) is 41.4 Å². The Morgan fingerprint density at radius 2 is 2.21 bits per heavy atom. The molecule has 1 aromatic carbocycles. The molecule has 0 aliphatic rings. The smallest absolute Gasteiger partial charge is 0.0685 e. The molecule has 1 rings (SSSR count). The van der Waals surface area contributed by atoms with Crippen molar-refractivity contribution in [1.29, 1.82) is 0 Å². The zero-order valence-electron chi connectivity index (χ0n) is 11.7. The number of hydrogen-bond donors (Lipinski definition) is 2. The molecule has 1 unspecified atom stereocenters. The van der Waals surface area contributed by atoms with Crippen LogP contribution >= 0.6 is 15.9 Å². The van der Waals surface area contributed by atoms with Crippen molar-refractivity contribution in [3.63, 3.8) is 0 Å². The summed E-state index contributed by atoms with van der Waals surface area (Å²) in [7, 11) is 0. The molecule has 0 aliphatic heterocycles. The van der Waals surface area contributed by atoms with E-state index in [9.17, 15) is 5.11 Å². The van der Waals surface area contributed by atoms with E-state index in [0.717, 1.165) is 35.5 Å². The van der Waals surface area contributed by atoms with E-state index in [1.165, 1.54) is 18.4 Å². The first-order chi connectivity index (χ1) is 9.21. The number of allylic oxidation sites excluding steroid dienone is 1. The van der Waals surface area contributed by atoms with Gasteiger partial charge in [0.15, 0.2) is 0 Å². The molecule has 0 heterocycles. The average molecular weight is 326 g/mol. The molecule has 0 aliphatic carbocycles. The second kappa shape index (κ2) is 9.29. The molecule has 0 saturated heterocycles. The molecule has 0 fully saturated rings. The van der Waals surface area contributed by atoms with E-state index >= 15 is 0 Å². The zero-order chi connectivity index (χ0) is 14.1. The monoisotopic (exact) mass is 325 g/mol. The molecule has 0 radical (unpaired) electrons. The van der Waals surface area contributed by atoms with Gasteiger partial charge < -0.3 is 10.4 Å². The van der Waals surface area contributed by atoms with Crippen molar-refractivity contribution in [3.8, 4) is 0 Å². The predicted octanol–water partition coefficient (Wildman–Crippen LogP) is 4.02. The summed E-state index contributed by atoms with van der Waals surface area (Å²) in [6.07, 6.45) is 5.48. The van der Waals surface area contributed by atoms with Crippen LogP contribution in [0.1, 0.15) is 37.3 Å². The highest BCUT2D eigenvalue weighted by Gasteiger charge is 2.05. The molecule has 0 aromatic heterocycles. The molecule has 0 saturated carbocycles. The van der Waals surface area contributed by atoms with Gasteiger partial charge in [-0.25, -0.2) is 0 Å². The minimum Gasteiger partial charge on any atom is -0.392 e. The molecule has 106 valence electrons. The van der Waals surface area contributed by atoms with E-state index in [-0.39, 0.29) is 6.61 Å². The summed E-state index contributed by atoms with van der Waals surface area (Å²) in [5.41, 5.74) is 2.16. The number of hydrogen-bond acceptors (Lipinski definition) is 2. The maximum absolute atomic E-state index is 9.34. The van der Waals surface area contributed by atoms with Crippen molar-refractivity contribution in [2.24, 2.45) is 5.92 Å². The topological polar surface area (TPSA) is 32.3 Å². The van der Waals surface area contributed by atoms with Crippen molar-refractivity contribution in [2.45, 2.75) is 39.3 Å². The summed E-state index contributed by atoms with van der Waals surface area (Å²) >= 11 is 3.42. The van der Waals surface area contributed by atoms with E-state index in [0.29, 0.717) is 0 Å². The van der Waals surface area contributed by atoms with Crippen LogP contribution in [0.4, 0.5) is 0 Å². The third kappa shape index (κ3) is 5.89. The fourth-order valence-corrected chi connectivity index (χ4v) is 2.58. The number of rotatable bonds is 9. The SMILES string of the molecule is C=CCC(CC)CCNCc1ccc(Br)cc1CO. The summed E-state index contributed by atoms with van der Waals surface area (Å²) in [5, 5.41) is 12.8. The highest BCUT2D eigenvalue weighted by molar-refractivity contribution is 9.10. The lowest BCUT2D eigenvalue weighted by atomic mass is 9.98. The summed E-state index contributed by atoms with van der Waals surface area (Å²) in [5.74, 6) is 0.729. The van der Waals surface area contributed by atoms with Crippen LogP contribution in [0, 0.1) is 5.92 Å². The molecule has 2 N–H and O–H groups in total. The van der Waals surface area contributed by atoms with Crippen LogP contribution in [-0.4, -0.2) is 11.7 Å². The molecule has 0 amide bonds. The van der Waals surface area contributed by atoms with Crippen molar-refractivity contribution < 1.29 is 5.11 Å². The lowest BCUT2D eigenvalue weighted by molar-refractivity contribution is 0.280. The Balaban J connectivity index is 2.38. The van der Waals surface area contributed by atoms with Crippen LogP contribution in [0.25, 0.3) is 0 Å². The van der Waals surface area contributed by atoms with Crippen LogP contribution in [-0.2, 0) is 13.2 Å². The van der Waals surface area contributed by atoms with Gasteiger partial charge in [0.25, 0.3) is 0 Å². The predicted molar refractivity (Wildman–Crippen MR) is 85.0 cm³/mol. The van der Waals surface area contributed by atoms with Crippen LogP contribution in [0.5, 0.6) is 0 Å². The maximum Gasteiger partial charge on any atom is 0.0685 e. The average Bonchev–Trinajstić information content (AvgIpc) is 2.43. The summed E-state index contributed by atoms with van der Waals surface area (Å²) < 4.78 is 1.01. The summed E-state index contributed by atoms with van der Waals surface area (Å²) in [4.78, 5) is 0. The van der Waals surface area contributed by atoms with Crippen LogP contribution in [0.15, 0.2) is 35.3 Å². The van der Waals surface area contributed by atoms with Crippen molar-refractivity contribution >= 4 is 15.9 Å². The Morgan fingerprint density at radius 3 is 2.84 bits per heavy atom. The van der Waals surface area contributed by atoms with E-state index in [2.05, 4.69) is 40.8 Å². The minimum atomic E-state index is 0.0878. The van der Waals surface area contributed by atoms with Gasteiger partial charge in [0.2, 0.25) is 0 Å². The zero-order valence-corrected chi connectivity index (χ0v) is 13.2. The molecular weight excluding hydrogens is 302 g/mol. The van der Waals surface area contributed by atoms with Crippen LogP contribution < -0.4 is 5.32 Å². The third-order valence-electron chi connectivity index (χ3n) is 3.46. The molecule has 1 aromatic rings. The van der Waals surface area contributed by atoms with Crippen LogP contribution in [0.2, 0.25) is 0 Å². The van der Waals surface area contributed by atoms with Crippen LogP contribution in [0.3, 0.4) is 0 Å². The van der Waals surface area contributed by atoms with E-state index < -0.39 is 0 Å². The van der Waals surface area contributed by atoms with Crippen molar-refractivity contribution in [2.75, 3.05) is 6.54 Å². The standard InChI is InChI=1S/C16H24BrNO/c1-3-5-13(4-2)8-9-18-11-14-6-7-16(17)10-15(14)12-19/h3,6-7,10,13,18-19H,1,4-5,8-9,11-12H2,2H3. The minimum absolute atomic E-state index is 0.0878. The number of aliphatic hydroxyl groups is 1. The highest BCUT2D eigenvalue weighted by atomic mass is 79.9. The van der Waals surface area contributed by atoms with Gasteiger partial charge in [-0.3, -0.25) is 0 Å². The lowest BCUT2D eigenvalue weighted by Crippen LogP contribution is -2.18. The first-order valence-electron chi connectivity index (χ1n) is 6.91. The highest BCUT2D eigenvalue weighted by Crippen LogP contribution is 2.17. The van der Waals surface area contributed by atoms with Gasteiger partial charge in [-0.2, -0.15) is 0 Å². The van der Waals surface area contributed by atoms with E-state index in [1.807, 2.05) is 18.2 Å². The molecule has 19 heavy (non-hydrogen) atoms. The number of aliphatic hydroxyl groups excluding tert-OH is 1. The molecule has 3 heteroatoms. The Hall–Kier alpha value is -0.640. The fourth-order valence-electron chi connectivity index (χ4n) is 2.17. The summed E-state index contributed by atoms with van der Waals surface area (Å²) in [6.45, 7) is 7.94. The van der Waals surface area contributed by atoms with Gasteiger partial charge >= 0.3 is 0 Å². The third-order valence-corrected chi connectivity index (χ3v) is 3.95. The maximum atomic E-state index is 9.34. The second-order valence-corrected chi connectivity index (χ2v) is 5.75. The van der Waals surface area contributed by atoms with Gasteiger partial charge in [0, 0.05) is 11.0 Å². The Kier molecular flexibility index (Phi) is 8.03.